The van der Waals surface area contributed by atoms with Gasteiger partial charge in [-0.3, -0.25) is 14.5 Å². The largest absolute Gasteiger partial charge is 0.507 e. The summed E-state index contributed by atoms with van der Waals surface area (Å²) >= 11 is 0. The van der Waals surface area contributed by atoms with Gasteiger partial charge in [0.1, 0.15) is 29.1 Å². The first-order valence-electron chi connectivity index (χ1n) is 9.59. The Bertz CT molecular complexity index is 1180. The van der Waals surface area contributed by atoms with Gasteiger partial charge < -0.3 is 19.0 Å². The number of ketones is 1. The van der Waals surface area contributed by atoms with Crippen molar-refractivity contribution in [3.63, 3.8) is 0 Å². The number of hydrogen-bond donors (Lipinski definition) is 1. The molecule has 1 saturated heterocycles. The summed E-state index contributed by atoms with van der Waals surface area (Å²) in [6.45, 7) is 1.79. The minimum absolute atomic E-state index is 0.0453. The Balaban J connectivity index is 1.92. The molecule has 3 aromatic rings. The van der Waals surface area contributed by atoms with Crippen molar-refractivity contribution in [2.75, 3.05) is 19.1 Å². The van der Waals surface area contributed by atoms with Crippen LogP contribution in [0.3, 0.4) is 0 Å². The normalized spacial score (nSPS) is 17.8. The summed E-state index contributed by atoms with van der Waals surface area (Å²) in [7, 11) is 3.06. The van der Waals surface area contributed by atoms with E-state index < -0.39 is 17.7 Å². The maximum atomic E-state index is 13.1. The van der Waals surface area contributed by atoms with Gasteiger partial charge >= 0.3 is 0 Å². The van der Waals surface area contributed by atoms with Crippen molar-refractivity contribution in [3.05, 3.63) is 83.3 Å². The van der Waals surface area contributed by atoms with Gasteiger partial charge in [0, 0.05) is 17.3 Å². The zero-order valence-electron chi connectivity index (χ0n) is 17.3. The third-order valence-electron chi connectivity index (χ3n) is 5.28. The molecule has 1 aliphatic rings. The number of hydrogen-bond acceptors (Lipinski definition) is 6. The summed E-state index contributed by atoms with van der Waals surface area (Å²) < 4.78 is 16.0. The molecule has 4 rings (SSSR count). The van der Waals surface area contributed by atoms with Crippen LogP contribution in [0.25, 0.3) is 5.76 Å². The molecular formula is C24H21NO6. The first-order chi connectivity index (χ1) is 15.0. The summed E-state index contributed by atoms with van der Waals surface area (Å²) in [4.78, 5) is 27.5. The Kier molecular flexibility index (Phi) is 5.25. The molecule has 1 unspecified atom stereocenters. The summed E-state index contributed by atoms with van der Waals surface area (Å²) in [6, 6.07) is 14.3. The highest BCUT2D eigenvalue weighted by Gasteiger charge is 2.48. The van der Waals surface area contributed by atoms with Crippen LogP contribution in [0, 0.1) is 6.92 Å². The molecule has 1 N–H and O–H groups in total. The average molecular weight is 419 g/mol. The number of benzene rings is 2. The average Bonchev–Trinajstić information content (AvgIpc) is 3.40. The van der Waals surface area contributed by atoms with Crippen molar-refractivity contribution in [1.29, 1.82) is 0 Å². The molecule has 1 fully saturated rings. The van der Waals surface area contributed by atoms with Crippen LogP contribution in [0.1, 0.15) is 22.9 Å². The third-order valence-corrected chi connectivity index (χ3v) is 5.28. The quantitative estimate of drug-likeness (QED) is 0.378. The van der Waals surface area contributed by atoms with Gasteiger partial charge in [0.05, 0.1) is 26.1 Å². The fourth-order valence-corrected chi connectivity index (χ4v) is 3.75. The van der Waals surface area contributed by atoms with E-state index in [1.807, 2.05) is 0 Å². The number of Topliss-reactive ketones (excluding diaryl/α,β-unsaturated/α-hetero) is 1. The van der Waals surface area contributed by atoms with Crippen LogP contribution in [0.15, 0.2) is 70.9 Å². The molecule has 0 spiro atoms. The van der Waals surface area contributed by atoms with Gasteiger partial charge in [0.2, 0.25) is 0 Å². The molecule has 2 aromatic carbocycles. The Morgan fingerprint density at radius 1 is 1.00 bits per heavy atom. The zero-order chi connectivity index (χ0) is 22.1. The first kappa shape index (κ1) is 20.3. The highest BCUT2D eigenvalue weighted by Crippen LogP contribution is 2.43. The first-order valence-corrected chi connectivity index (χ1v) is 9.59. The zero-order valence-corrected chi connectivity index (χ0v) is 17.3. The van der Waals surface area contributed by atoms with Gasteiger partial charge in [-0.2, -0.15) is 0 Å². The lowest BCUT2D eigenvalue weighted by Crippen LogP contribution is -2.29. The number of furan rings is 1. The lowest BCUT2D eigenvalue weighted by molar-refractivity contribution is -0.132. The Morgan fingerprint density at radius 3 is 2.39 bits per heavy atom. The van der Waals surface area contributed by atoms with Crippen molar-refractivity contribution in [3.8, 4) is 11.5 Å². The molecule has 1 atom stereocenters. The number of ether oxygens (including phenoxy) is 2. The molecule has 0 radical (unpaired) electrons. The van der Waals surface area contributed by atoms with Crippen molar-refractivity contribution in [1.82, 2.24) is 0 Å². The number of methoxy groups -OCH3 is 2. The number of aliphatic hydroxyl groups is 1. The minimum Gasteiger partial charge on any atom is -0.507 e. The minimum atomic E-state index is -0.927. The predicted molar refractivity (Wildman–Crippen MR) is 114 cm³/mol. The molecule has 31 heavy (non-hydrogen) atoms. The van der Waals surface area contributed by atoms with Gasteiger partial charge in [-0.05, 0) is 55.0 Å². The molecular weight excluding hydrogens is 398 g/mol. The summed E-state index contributed by atoms with van der Waals surface area (Å²) in [5, 5.41) is 11.2. The molecule has 0 aliphatic carbocycles. The highest BCUT2D eigenvalue weighted by molar-refractivity contribution is 6.51. The lowest BCUT2D eigenvalue weighted by Gasteiger charge is -2.23. The van der Waals surface area contributed by atoms with E-state index in [0.29, 0.717) is 34.1 Å². The number of anilines is 1. The van der Waals surface area contributed by atoms with Crippen molar-refractivity contribution in [2.45, 2.75) is 13.0 Å². The van der Waals surface area contributed by atoms with Crippen LogP contribution >= 0.6 is 0 Å². The number of rotatable bonds is 5. The van der Waals surface area contributed by atoms with E-state index in [-0.39, 0.29) is 11.3 Å². The van der Waals surface area contributed by atoms with E-state index >= 15 is 0 Å². The van der Waals surface area contributed by atoms with E-state index in [2.05, 4.69) is 0 Å². The van der Waals surface area contributed by atoms with Crippen molar-refractivity contribution >= 4 is 23.1 Å². The molecule has 0 saturated carbocycles. The molecule has 7 nitrogen and oxygen atoms in total. The second-order valence-electron chi connectivity index (χ2n) is 7.07. The summed E-state index contributed by atoms with van der Waals surface area (Å²) in [6.07, 6.45) is 1.46. The van der Waals surface area contributed by atoms with Crippen LogP contribution in [0.4, 0.5) is 5.69 Å². The molecule has 1 aliphatic heterocycles. The van der Waals surface area contributed by atoms with E-state index in [1.54, 1.807) is 68.6 Å². The second-order valence-corrected chi connectivity index (χ2v) is 7.07. The molecule has 7 heteroatoms. The molecule has 158 valence electrons. The molecule has 1 aromatic heterocycles. The number of aliphatic hydroxyl groups excluding tert-OH is 1. The second kappa shape index (κ2) is 8.02. The van der Waals surface area contributed by atoms with Crippen molar-refractivity contribution < 1.29 is 28.6 Å². The Labute approximate surface area is 179 Å². The van der Waals surface area contributed by atoms with E-state index in [9.17, 15) is 14.7 Å². The van der Waals surface area contributed by atoms with Crippen LogP contribution in [0.5, 0.6) is 11.5 Å². The Hall–Kier alpha value is -4.00. The van der Waals surface area contributed by atoms with Gasteiger partial charge in [-0.15, -0.1) is 0 Å². The summed E-state index contributed by atoms with van der Waals surface area (Å²) in [5.41, 5.74) is 1.54. The number of nitrogens with zero attached hydrogens (tertiary/aromatic N) is 1. The van der Waals surface area contributed by atoms with Gasteiger partial charge in [-0.25, -0.2) is 0 Å². The van der Waals surface area contributed by atoms with Crippen LogP contribution < -0.4 is 14.4 Å². The lowest BCUT2D eigenvalue weighted by atomic mass is 9.97. The maximum Gasteiger partial charge on any atom is 0.300 e. The SMILES string of the molecule is COc1cccc(N2C(=O)C(=O)/C(=C(\O)c3ccc(OC)cc3C)C2c2ccco2)c1. The molecule has 2 heterocycles. The van der Waals surface area contributed by atoms with Crippen LogP contribution in [-0.4, -0.2) is 31.0 Å². The van der Waals surface area contributed by atoms with Crippen LogP contribution in [0.2, 0.25) is 0 Å². The number of carbonyl (C=O) groups excluding carboxylic acids is 2. The highest BCUT2D eigenvalue weighted by atomic mass is 16.5. The monoisotopic (exact) mass is 419 g/mol. The standard InChI is InChI=1S/C24H21NO6/c1-14-12-17(30-3)9-10-18(14)22(26)20-21(19-8-5-11-31-19)25(24(28)23(20)27)15-6-4-7-16(13-15)29-2/h4-13,21,26H,1-3H3/b22-20-. The topological polar surface area (TPSA) is 89.2 Å². The predicted octanol–water partition coefficient (Wildman–Crippen LogP) is 4.23. The fourth-order valence-electron chi connectivity index (χ4n) is 3.75. The molecule has 1 amide bonds. The number of aryl methyl sites for hydroxylation is 1. The van der Waals surface area contributed by atoms with Gasteiger partial charge in [0.15, 0.2) is 0 Å². The van der Waals surface area contributed by atoms with Gasteiger partial charge in [0.25, 0.3) is 11.7 Å². The maximum absolute atomic E-state index is 13.1. The van der Waals surface area contributed by atoms with E-state index in [4.69, 9.17) is 13.9 Å². The van der Waals surface area contributed by atoms with E-state index in [0.717, 1.165) is 0 Å². The smallest absolute Gasteiger partial charge is 0.300 e. The van der Waals surface area contributed by atoms with Crippen molar-refractivity contribution in [2.24, 2.45) is 0 Å². The fraction of sp³-hybridized carbons (Fsp3) is 0.167. The molecule has 0 bridgehead atoms. The van der Waals surface area contributed by atoms with E-state index in [1.165, 1.54) is 18.3 Å². The number of carbonyl (C=O) groups is 2. The number of amides is 1. The Morgan fingerprint density at radius 2 is 1.74 bits per heavy atom. The third kappa shape index (κ3) is 3.44. The van der Waals surface area contributed by atoms with Gasteiger partial charge in [-0.1, -0.05) is 6.07 Å². The summed E-state index contributed by atoms with van der Waals surface area (Å²) in [5.74, 6) is -0.323. The van der Waals surface area contributed by atoms with Crippen LogP contribution in [-0.2, 0) is 9.59 Å².